The molecule has 0 bridgehead atoms. The third-order valence-corrected chi connectivity index (χ3v) is 2.03. The monoisotopic (exact) mass is 229 g/mol. The lowest BCUT2D eigenvalue weighted by Gasteiger charge is -2.02. The van der Waals surface area contributed by atoms with Crippen molar-refractivity contribution in [2.75, 3.05) is 0 Å². The Balaban J connectivity index is 2.96. The lowest BCUT2D eigenvalue weighted by atomic mass is 10.1. The normalized spacial score (nSPS) is 9.93. The number of Topliss-reactive ketones (excluding diaryl/α,β-unsaturated/α-hetero) is 1. The molecule has 2 nitrogen and oxygen atoms in total. The molecule has 74 valence electrons. The van der Waals surface area contributed by atoms with Crippen LogP contribution in [-0.4, -0.2) is 10.8 Å². The van der Waals surface area contributed by atoms with Gasteiger partial charge in [-0.25, -0.2) is 4.98 Å². The van der Waals surface area contributed by atoms with Gasteiger partial charge in [-0.3, -0.25) is 4.79 Å². The van der Waals surface area contributed by atoms with E-state index < -0.39 is 0 Å². The first-order chi connectivity index (χ1) is 6.50. The van der Waals surface area contributed by atoms with E-state index in [1.165, 1.54) is 12.3 Å². The van der Waals surface area contributed by atoms with Crippen molar-refractivity contribution in [1.29, 1.82) is 0 Å². The molecule has 0 aliphatic rings. The zero-order valence-electron chi connectivity index (χ0n) is 7.68. The molecule has 0 radical (unpaired) electrons. The Labute approximate surface area is 92.6 Å². The molecule has 0 N–H and O–H groups in total. The Hall–Kier alpha value is -0.860. The van der Waals surface area contributed by atoms with E-state index in [1.807, 2.05) is 0 Å². The molecule has 0 aromatic carbocycles. The molecule has 4 heteroatoms. The fraction of sp³-hybridized carbons (Fsp3) is 0.200. The number of carbonyl (C=O) groups excluding carboxylic acids is 1. The van der Waals surface area contributed by atoms with Gasteiger partial charge in [0.2, 0.25) is 0 Å². The molecule has 1 heterocycles. The molecular formula is C10H9Cl2NO. The summed E-state index contributed by atoms with van der Waals surface area (Å²) in [5.74, 6) is -0.140. The summed E-state index contributed by atoms with van der Waals surface area (Å²) in [7, 11) is 0. The second kappa shape index (κ2) is 4.58. The van der Waals surface area contributed by atoms with Gasteiger partial charge < -0.3 is 0 Å². The van der Waals surface area contributed by atoms with Crippen molar-refractivity contribution in [3.63, 3.8) is 0 Å². The maximum absolute atomic E-state index is 11.5. The number of allylic oxidation sites excluding steroid dienone is 1. The van der Waals surface area contributed by atoms with Crippen LogP contribution >= 0.6 is 23.2 Å². The number of pyridine rings is 1. The lowest BCUT2D eigenvalue weighted by Crippen LogP contribution is -2.03. The van der Waals surface area contributed by atoms with Crippen molar-refractivity contribution >= 4 is 29.0 Å². The van der Waals surface area contributed by atoms with Crippen molar-refractivity contribution in [3.05, 3.63) is 40.2 Å². The molecule has 1 rings (SSSR count). The number of aromatic nitrogens is 1. The number of carbonyl (C=O) groups is 1. The highest BCUT2D eigenvalue weighted by Gasteiger charge is 2.12. The highest BCUT2D eigenvalue weighted by atomic mass is 35.5. The first kappa shape index (κ1) is 11.2. The van der Waals surface area contributed by atoms with Gasteiger partial charge in [-0.15, -0.1) is 0 Å². The number of hydrogen-bond acceptors (Lipinski definition) is 2. The van der Waals surface area contributed by atoms with Crippen LogP contribution < -0.4 is 0 Å². The molecule has 0 atom stereocenters. The summed E-state index contributed by atoms with van der Waals surface area (Å²) >= 11 is 11.5. The minimum atomic E-state index is -0.140. The van der Waals surface area contributed by atoms with Crippen molar-refractivity contribution in [1.82, 2.24) is 4.98 Å². The van der Waals surface area contributed by atoms with Gasteiger partial charge in [0.1, 0.15) is 5.69 Å². The Kier molecular flexibility index (Phi) is 3.67. The van der Waals surface area contributed by atoms with Gasteiger partial charge in [0, 0.05) is 12.6 Å². The summed E-state index contributed by atoms with van der Waals surface area (Å²) in [4.78, 5) is 15.4. The van der Waals surface area contributed by atoms with Gasteiger partial charge in [0.05, 0.1) is 10.0 Å². The van der Waals surface area contributed by atoms with Crippen LogP contribution in [0.3, 0.4) is 0 Å². The smallest absolute Gasteiger partial charge is 0.186 e. The molecule has 0 amide bonds. The number of ketones is 1. The van der Waals surface area contributed by atoms with Crippen LogP contribution in [-0.2, 0) is 0 Å². The Morgan fingerprint density at radius 1 is 1.57 bits per heavy atom. The van der Waals surface area contributed by atoms with Crippen molar-refractivity contribution in [3.8, 4) is 0 Å². The molecule has 1 aromatic rings. The average molecular weight is 230 g/mol. The highest BCUT2D eigenvalue weighted by molar-refractivity contribution is 6.36. The fourth-order valence-corrected chi connectivity index (χ4v) is 1.46. The predicted octanol–water partition coefficient (Wildman–Crippen LogP) is 3.54. The van der Waals surface area contributed by atoms with Crippen molar-refractivity contribution in [2.24, 2.45) is 0 Å². The number of hydrogen-bond donors (Lipinski definition) is 0. The van der Waals surface area contributed by atoms with E-state index >= 15 is 0 Å². The number of halogens is 2. The molecule has 14 heavy (non-hydrogen) atoms. The van der Waals surface area contributed by atoms with Gasteiger partial charge in [-0.2, -0.15) is 0 Å². The van der Waals surface area contributed by atoms with Crippen LogP contribution in [0.5, 0.6) is 0 Å². The second-order valence-corrected chi connectivity index (χ2v) is 3.88. The molecule has 1 aromatic heterocycles. The van der Waals surface area contributed by atoms with Crippen LogP contribution in [0.4, 0.5) is 0 Å². The summed E-state index contributed by atoms with van der Waals surface area (Å²) in [5, 5.41) is 0.700. The van der Waals surface area contributed by atoms with E-state index in [2.05, 4.69) is 11.6 Å². The minimum Gasteiger partial charge on any atom is -0.292 e. The lowest BCUT2D eigenvalue weighted by molar-refractivity contribution is 0.0988. The first-order valence-corrected chi connectivity index (χ1v) is 4.75. The van der Waals surface area contributed by atoms with E-state index in [9.17, 15) is 4.79 Å². The summed E-state index contributed by atoms with van der Waals surface area (Å²) < 4.78 is 0. The number of rotatable bonds is 3. The maximum Gasteiger partial charge on any atom is 0.186 e. The second-order valence-electron chi connectivity index (χ2n) is 3.04. The molecule has 0 aliphatic heterocycles. The van der Waals surface area contributed by atoms with Gasteiger partial charge in [-0.05, 0) is 13.0 Å². The fourth-order valence-electron chi connectivity index (χ4n) is 0.978. The molecule has 0 fully saturated rings. The summed E-state index contributed by atoms with van der Waals surface area (Å²) in [5.41, 5.74) is 1.03. The largest absolute Gasteiger partial charge is 0.292 e. The first-order valence-electron chi connectivity index (χ1n) is 3.99. The zero-order chi connectivity index (χ0) is 10.7. The molecule has 0 unspecified atom stereocenters. The third-order valence-electron chi connectivity index (χ3n) is 1.53. The van der Waals surface area contributed by atoms with Gasteiger partial charge in [0.15, 0.2) is 5.78 Å². The summed E-state index contributed by atoms with van der Waals surface area (Å²) in [6, 6.07) is 1.50. The molecule has 0 aliphatic carbocycles. The Morgan fingerprint density at radius 2 is 2.21 bits per heavy atom. The highest BCUT2D eigenvalue weighted by Crippen LogP contribution is 2.20. The topological polar surface area (TPSA) is 30.0 Å². The van der Waals surface area contributed by atoms with E-state index in [0.717, 1.165) is 5.57 Å². The minimum absolute atomic E-state index is 0.140. The molecule has 0 spiro atoms. The Morgan fingerprint density at radius 3 is 2.71 bits per heavy atom. The molecular weight excluding hydrogens is 221 g/mol. The van der Waals surface area contributed by atoms with Crippen LogP contribution in [0.25, 0.3) is 0 Å². The van der Waals surface area contributed by atoms with E-state index in [1.54, 1.807) is 6.92 Å². The standard InChI is InChI=1S/C10H9Cl2NO/c1-6(2)3-9(14)10-8(12)4-7(11)5-13-10/h4-5H,1,3H2,2H3. The van der Waals surface area contributed by atoms with E-state index in [0.29, 0.717) is 5.02 Å². The van der Waals surface area contributed by atoms with E-state index in [-0.39, 0.29) is 22.9 Å². The quantitative estimate of drug-likeness (QED) is 0.587. The van der Waals surface area contributed by atoms with Gasteiger partial charge in [-0.1, -0.05) is 35.4 Å². The van der Waals surface area contributed by atoms with Crippen LogP contribution in [0.15, 0.2) is 24.4 Å². The average Bonchev–Trinajstić information content (AvgIpc) is 2.01. The SMILES string of the molecule is C=C(C)CC(=O)c1ncc(Cl)cc1Cl. The van der Waals surface area contributed by atoms with Crippen molar-refractivity contribution in [2.45, 2.75) is 13.3 Å². The maximum atomic E-state index is 11.5. The van der Waals surface area contributed by atoms with Crippen LogP contribution in [0.1, 0.15) is 23.8 Å². The number of nitrogens with zero attached hydrogens (tertiary/aromatic N) is 1. The molecule has 0 saturated carbocycles. The van der Waals surface area contributed by atoms with E-state index in [4.69, 9.17) is 23.2 Å². The van der Waals surface area contributed by atoms with Crippen molar-refractivity contribution < 1.29 is 4.79 Å². The van der Waals surface area contributed by atoms with Gasteiger partial charge >= 0.3 is 0 Å². The van der Waals surface area contributed by atoms with Gasteiger partial charge in [0.25, 0.3) is 0 Å². The third kappa shape index (κ3) is 2.82. The Bertz CT molecular complexity index is 388. The zero-order valence-corrected chi connectivity index (χ0v) is 9.19. The van der Waals surface area contributed by atoms with Crippen LogP contribution in [0.2, 0.25) is 10.0 Å². The predicted molar refractivity (Wildman–Crippen MR) is 58.0 cm³/mol. The summed E-state index contributed by atoms with van der Waals surface area (Å²) in [6.07, 6.45) is 1.66. The molecule has 0 saturated heterocycles. The summed E-state index contributed by atoms with van der Waals surface area (Å²) in [6.45, 7) is 5.43. The van der Waals surface area contributed by atoms with Crippen LogP contribution in [0, 0.1) is 0 Å².